The molecule has 0 bridgehead atoms. The summed E-state index contributed by atoms with van der Waals surface area (Å²) < 4.78 is 13.9. The number of nitrogens with zero attached hydrogens (tertiary/aromatic N) is 2. The Balaban J connectivity index is 1.33. The zero-order chi connectivity index (χ0) is 18.8. The topological polar surface area (TPSA) is 52.7 Å². The highest BCUT2D eigenvalue weighted by atomic mass is 32.1. The van der Waals surface area contributed by atoms with Crippen molar-refractivity contribution >= 4 is 23.3 Å². The molecule has 27 heavy (non-hydrogen) atoms. The van der Waals surface area contributed by atoms with E-state index in [0.717, 1.165) is 19.3 Å². The molecule has 1 aliphatic carbocycles. The van der Waals surface area contributed by atoms with Gasteiger partial charge in [0.1, 0.15) is 5.82 Å². The Hall–Kier alpha value is -2.41. The average Bonchev–Trinajstić information content (AvgIpc) is 3.41. The first-order valence-electron chi connectivity index (χ1n) is 9.22. The first kappa shape index (κ1) is 18.0. The van der Waals surface area contributed by atoms with Gasteiger partial charge in [0.15, 0.2) is 0 Å². The molecule has 1 aliphatic heterocycles. The molecule has 5 nitrogen and oxygen atoms in total. The van der Waals surface area contributed by atoms with Crippen molar-refractivity contribution in [3.63, 3.8) is 0 Å². The normalized spacial score (nSPS) is 16.0. The minimum absolute atomic E-state index is 0.0290. The van der Waals surface area contributed by atoms with E-state index in [1.54, 1.807) is 39.3 Å². The van der Waals surface area contributed by atoms with Gasteiger partial charge < -0.3 is 15.1 Å². The van der Waals surface area contributed by atoms with Crippen LogP contribution in [0.15, 0.2) is 35.7 Å². The fourth-order valence-electron chi connectivity index (χ4n) is 3.39. The third-order valence-corrected chi connectivity index (χ3v) is 6.12. The van der Waals surface area contributed by atoms with Crippen molar-refractivity contribution in [3.8, 4) is 0 Å². The van der Waals surface area contributed by atoms with Crippen LogP contribution in [-0.4, -0.2) is 40.9 Å². The van der Waals surface area contributed by atoms with Gasteiger partial charge in [-0.15, -0.1) is 11.3 Å². The van der Waals surface area contributed by atoms with Gasteiger partial charge in [0.25, 0.3) is 0 Å². The lowest BCUT2D eigenvalue weighted by molar-refractivity contribution is -0.131. The molecule has 1 aromatic heterocycles. The van der Waals surface area contributed by atoms with E-state index < -0.39 is 0 Å². The Labute approximate surface area is 161 Å². The Morgan fingerprint density at radius 3 is 2.85 bits per heavy atom. The number of thiophene rings is 1. The summed E-state index contributed by atoms with van der Waals surface area (Å²) in [4.78, 5) is 29.9. The Morgan fingerprint density at radius 1 is 1.26 bits per heavy atom. The average molecular weight is 387 g/mol. The second-order valence-electron chi connectivity index (χ2n) is 7.04. The number of rotatable bonds is 5. The molecule has 0 unspecified atom stereocenters. The van der Waals surface area contributed by atoms with Gasteiger partial charge in [-0.2, -0.15) is 0 Å². The number of hydrogen-bond acceptors (Lipinski definition) is 3. The van der Waals surface area contributed by atoms with Crippen LogP contribution in [0, 0.1) is 5.82 Å². The molecule has 1 saturated carbocycles. The number of halogens is 1. The van der Waals surface area contributed by atoms with E-state index in [1.165, 1.54) is 16.5 Å². The number of benzene rings is 1. The van der Waals surface area contributed by atoms with Crippen molar-refractivity contribution in [2.75, 3.05) is 13.1 Å². The maximum Gasteiger partial charge on any atom is 0.318 e. The second-order valence-corrected chi connectivity index (χ2v) is 8.04. The SMILES string of the molecule is O=C(CNC(=O)N(Cc1ccccc1F)C1CC1)N1CCc2sccc2C1. The fourth-order valence-corrected chi connectivity index (χ4v) is 4.28. The third kappa shape index (κ3) is 4.13. The summed E-state index contributed by atoms with van der Waals surface area (Å²) in [7, 11) is 0. The second kappa shape index (κ2) is 7.68. The van der Waals surface area contributed by atoms with Crippen molar-refractivity contribution in [1.29, 1.82) is 0 Å². The monoisotopic (exact) mass is 387 g/mol. The number of carbonyl (C=O) groups is 2. The minimum atomic E-state index is -0.313. The molecule has 1 aromatic carbocycles. The van der Waals surface area contributed by atoms with E-state index in [1.807, 2.05) is 0 Å². The van der Waals surface area contributed by atoms with Gasteiger partial charge in [0.2, 0.25) is 5.91 Å². The van der Waals surface area contributed by atoms with Crippen LogP contribution in [0.4, 0.5) is 9.18 Å². The van der Waals surface area contributed by atoms with Crippen LogP contribution in [0.3, 0.4) is 0 Å². The van der Waals surface area contributed by atoms with E-state index in [0.29, 0.717) is 18.7 Å². The molecule has 2 heterocycles. The summed E-state index contributed by atoms with van der Waals surface area (Å²) >= 11 is 1.73. The summed E-state index contributed by atoms with van der Waals surface area (Å²) in [5.74, 6) is -0.395. The van der Waals surface area contributed by atoms with Gasteiger partial charge >= 0.3 is 6.03 Å². The van der Waals surface area contributed by atoms with Crippen LogP contribution in [0.1, 0.15) is 28.8 Å². The molecule has 1 N–H and O–H groups in total. The van der Waals surface area contributed by atoms with E-state index in [2.05, 4.69) is 16.8 Å². The van der Waals surface area contributed by atoms with Crippen LogP contribution in [0.2, 0.25) is 0 Å². The maximum absolute atomic E-state index is 13.9. The molecule has 2 aliphatic rings. The number of fused-ring (bicyclic) bond motifs is 1. The van der Waals surface area contributed by atoms with Crippen LogP contribution >= 0.6 is 11.3 Å². The van der Waals surface area contributed by atoms with Gasteiger partial charge in [-0.25, -0.2) is 9.18 Å². The molecular formula is C20H22FN3O2S. The Morgan fingerprint density at radius 2 is 2.07 bits per heavy atom. The summed E-state index contributed by atoms with van der Waals surface area (Å²) in [6.45, 7) is 1.48. The highest BCUT2D eigenvalue weighted by Crippen LogP contribution is 2.29. The summed E-state index contributed by atoms with van der Waals surface area (Å²) in [6, 6.07) is 8.37. The van der Waals surface area contributed by atoms with Gasteiger partial charge in [0.05, 0.1) is 13.1 Å². The third-order valence-electron chi connectivity index (χ3n) is 5.10. The highest BCUT2D eigenvalue weighted by Gasteiger charge is 2.33. The number of nitrogens with one attached hydrogen (secondary N) is 1. The summed E-state index contributed by atoms with van der Waals surface area (Å²) in [5, 5.41) is 4.79. The highest BCUT2D eigenvalue weighted by molar-refractivity contribution is 7.10. The molecule has 0 atom stereocenters. The van der Waals surface area contributed by atoms with Crippen molar-refractivity contribution in [3.05, 3.63) is 57.5 Å². The molecule has 0 radical (unpaired) electrons. The number of urea groups is 1. The zero-order valence-corrected chi connectivity index (χ0v) is 15.8. The molecule has 2 aromatic rings. The molecule has 4 rings (SSSR count). The van der Waals surface area contributed by atoms with Crippen molar-refractivity contribution in [2.45, 2.75) is 38.4 Å². The van der Waals surface area contributed by atoms with Crippen molar-refractivity contribution < 1.29 is 14.0 Å². The van der Waals surface area contributed by atoms with Crippen LogP contribution in [0.25, 0.3) is 0 Å². The first-order valence-corrected chi connectivity index (χ1v) is 10.1. The lowest BCUT2D eigenvalue weighted by Crippen LogP contribution is -2.47. The largest absolute Gasteiger partial charge is 0.336 e. The molecule has 3 amide bonds. The molecule has 1 fully saturated rings. The predicted molar refractivity (Wildman–Crippen MR) is 102 cm³/mol. The molecule has 0 saturated heterocycles. The van der Waals surface area contributed by atoms with Crippen LogP contribution in [-0.2, 0) is 24.3 Å². The van der Waals surface area contributed by atoms with E-state index >= 15 is 0 Å². The van der Waals surface area contributed by atoms with Crippen molar-refractivity contribution in [1.82, 2.24) is 15.1 Å². The first-order chi connectivity index (χ1) is 13.1. The maximum atomic E-state index is 13.9. The van der Waals surface area contributed by atoms with Gasteiger partial charge in [-0.3, -0.25) is 4.79 Å². The molecule has 0 spiro atoms. The smallest absolute Gasteiger partial charge is 0.318 e. The van der Waals surface area contributed by atoms with E-state index in [-0.39, 0.29) is 36.9 Å². The van der Waals surface area contributed by atoms with Gasteiger partial charge in [0, 0.05) is 29.6 Å². The molecule has 142 valence electrons. The predicted octanol–water partition coefficient (Wildman–Crippen LogP) is 3.15. The quantitative estimate of drug-likeness (QED) is 0.857. The minimum Gasteiger partial charge on any atom is -0.336 e. The lowest BCUT2D eigenvalue weighted by atomic mass is 10.1. The summed E-state index contributed by atoms with van der Waals surface area (Å²) in [6.07, 6.45) is 2.71. The van der Waals surface area contributed by atoms with E-state index in [4.69, 9.17) is 0 Å². The molecule has 7 heteroatoms. The Kier molecular flexibility index (Phi) is 5.11. The number of carbonyl (C=O) groups excluding carboxylic acids is 2. The summed E-state index contributed by atoms with van der Waals surface area (Å²) in [5.41, 5.74) is 1.69. The van der Waals surface area contributed by atoms with E-state index in [9.17, 15) is 14.0 Å². The standard InChI is InChI=1S/C20H22FN3O2S/c21-17-4-2-1-3-14(17)13-24(16-5-6-16)20(26)22-11-19(25)23-9-7-18-15(12-23)8-10-27-18/h1-4,8,10,16H,5-7,9,11-13H2,(H,22,26). The fraction of sp³-hybridized carbons (Fsp3) is 0.400. The zero-order valence-electron chi connectivity index (χ0n) is 15.0. The van der Waals surface area contributed by atoms with Crippen molar-refractivity contribution in [2.24, 2.45) is 0 Å². The van der Waals surface area contributed by atoms with Gasteiger partial charge in [-0.1, -0.05) is 18.2 Å². The van der Waals surface area contributed by atoms with Crippen LogP contribution in [0.5, 0.6) is 0 Å². The lowest BCUT2D eigenvalue weighted by Gasteiger charge is -2.28. The molecular weight excluding hydrogens is 365 g/mol. The Bertz CT molecular complexity index is 849. The number of amides is 3. The number of hydrogen-bond donors (Lipinski definition) is 1. The van der Waals surface area contributed by atoms with Crippen LogP contribution < -0.4 is 5.32 Å². The van der Waals surface area contributed by atoms with Gasteiger partial charge in [-0.05, 0) is 42.3 Å².